The molecule has 1 aliphatic carbocycles. The van der Waals surface area contributed by atoms with Gasteiger partial charge in [0.1, 0.15) is 0 Å². The molecule has 3 heteroatoms. The summed E-state index contributed by atoms with van der Waals surface area (Å²) < 4.78 is 5.44. The van der Waals surface area contributed by atoms with E-state index in [2.05, 4.69) is 6.92 Å². The molecule has 1 aliphatic rings. The topological polar surface area (TPSA) is 43.4 Å². The first-order valence-electron chi connectivity index (χ1n) is 6.75. The smallest absolute Gasteiger partial charge is 0.228 e. The molecule has 19 heavy (non-hydrogen) atoms. The van der Waals surface area contributed by atoms with Crippen molar-refractivity contribution in [2.75, 3.05) is 6.61 Å². The number of rotatable bonds is 5. The maximum atomic E-state index is 12.5. The summed E-state index contributed by atoms with van der Waals surface area (Å²) in [5.74, 6) is 0.0231. The Labute approximate surface area is 113 Å². The third kappa shape index (κ3) is 2.46. The minimum absolute atomic E-state index is 0.0629. The number of ether oxygens (including phenoxy) is 1. The van der Waals surface area contributed by atoms with Crippen molar-refractivity contribution in [1.82, 2.24) is 0 Å². The van der Waals surface area contributed by atoms with Gasteiger partial charge in [0, 0.05) is 16.7 Å². The standard InChI is InChI=1S/C16H18O3/c1-3-5-8-13-14(17)11-9-6-7-10-12(11)15(18)16(13)19-4-2/h6-7,9-10H,3-5,8H2,1-2H3. The molecule has 1 aromatic rings. The average Bonchev–Trinajstić information content (AvgIpc) is 2.44. The summed E-state index contributed by atoms with van der Waals surface area (Å²) in [6.07, 6.45) is 2.46. The normalized spacial score (nSPS) is 14.6. The lowest BCUT2D eigenvalue weighted by Gasteiger charge is -2.20. The molecule has 2 rings (SSSR count). The number of hydrogen-bond acceptors (Lipinski definition) is 3. The van der Waals surface area contributed by atoms with Crippen molar-refractivity contribution in [3.8, 4) is 0 Å². The summed E-state index contributed by atoms with van der Waals surface area (Å²) in [6.45, 7) is 4.28. The van der Waals surface area contributed by atoms with Crippen LogP contribution in [0.3, 0.4) is 0 Å². The summed E-state index contributed by atoms with van der Waals surface area (Å²) in [4.78, 5) is 24.9. The lowest BCUT2D eigenvalue weighted by molar-refractivity contribution is 0.0877. The molecule has 0 fully saturated rings. The predicted molar refractivity (Wildman–Crippen MR) is 73.3 cm³/mol. The molecule has 0 spiro atoms. The van der Waals surface area contributed by atoms with Crippen LogP contribution >= 0.6 is 0 Å². The van der Waals surface area contributed by atoms with Gasteiger partial charge < -0.3 is 4.74 Å². The van der Waals surface area contributed by atoms with Gasteiger partial charge in [-0.05, 0) is 19.8 Å². The van der Waals surface area contributed by atoms with E-state index in [1.54, 1.807) is 24.3 Å². The number of carbonyl (C=O) groups is 2. The van der Waals surface area contributed by atoms with Crippen molar-refractivity contribution in [1.29, 1.82) is 0 Å². The van der Waals surface area contributed by atoms with Crippen LogP contribution in [0.1, 0.15) is 53.8 Å². The molecule has 100 valence electrons. The summed E-state index contributed by atoms with van der Waals surface area (Å²) in [6, 6.07) is 6.95. The van der Waals surface area contributed by atoms with Crippen molar-refractivity contribution < 1.29 is 14.3 Å². The van der Waals surface area contributed by atoms with Crippen LogP contribution in [0, 0.1) is 0 Å². The number of ketones is 2. The molecule has 0 unspecified atom stereocenters. The van der Waals surface area contributed by atoms with E-state index in [0.717, 1.165) is 12.8 Å². The van der Waals surface area contributed by atoms with E-state index in [-0.39, 0.29) is 17.3 Å². The van der Waals surface area contributed by atoms with E-state index in [9.17, 15) is 9.59 Å². The highest BCUT2D eigenvalue weighted by molar-refractivity contribution is 6.26. The van der Waals surface area contributed by atoms with Crippen LogP contribution in [0.4, 0.5) is 0 Å². The zero-order chi connectivity index (χ0) is 13.8. The van der Waals surface area contributed by atoms with Gasteiger partial charge in [-0.3, -0.25) is 9.59 Å². The number of Topliss-reactive ketones (excluding diaryl/α,β-unsaturated/α-hetero) is 2. The summed E-state index contributed by atoms with van der Waals surface area (Å²) in [5, 5.41) is 0. The van der Waals surface area contributed by atoms with Gasteiger partial charge in [-0.15, -0.1) is 0 Å². The fourth-order valence-electron chi connectivity index (χ4n) is 2.28. The molecule has 0 aromatic heterocycles. The van der Waals surface area contributed by atoms with E-state index < -0.39 is 0 Å². The third-order valence-corrected chi connectivity index (χ3v) is 3.24. The molecule has 0 atom stereocenters. The molecular formula is C16H18O3. The Hall–Kier alpha value is -1.90. The maximum absolute atomic E-state index is 12.5. The van der Waals surface area contributed by atoms with Crippen LogP contribution in [0.2, 0.25) is 0 Å². The first kappa shape index (κ1) is 13.5. The number of fused-ring (bicyclic) bond motifs is 1. The SMILES string of the molecule is CCCCC1=C(OCC)C(=O)c2ccccc2C1=O. The fraction of sp³-hybridized carbons (Fsp3) is 0.375. The van der Waals surface area contributed by atoms with Gasteiger partial charge in [-0.2, -0.15) is 0 Å². The zero-order valence-electron chi connectivity index (χ0n) is 11.4. The van der Waals surface area contributed by atoms with Gasteiger partial charge in [0.15, 0.2) is 11.5 Å². The average molecular weight is 258 g/mol. The minimum atomic E-state index is -0.164. The van der Waals surface area contributed by atoms with Crippen LogP contribution < -0.4 is 0 Å². The Balaban J connectivity index is 2.48. The van der Waals surface area contributed by atoms with Gasteiger partial charge in [-0.25, -0.2) is 0 Å². The predicted octanol–water partition coefficient (Wildman–Crippen LogP) is 3.55. The van der Waals surface area contributed by atoms with Crippen molar-refractivity contribution in [3.63, 3.8) is 0 Å². The fourth-order valence-corrected chi connectivity index (χ4v) is 2.28. The van der Waals surface area contributed by atoms with Crippen molar-refractivity contribution in [3.05, 3.63) is 46.7 Å². The molecule has 0 saturated carbocycles. The van der Waals surface area contributed by atoms with E-state index >= 15 is 0 Å². The number of hydrogen-bond donors (Lipinski definition) is 0. The van der Waals surface area contributed by atoms with Crippen LogP contribution in [-0.2, 0) is 4.74 Å². The Morgan fingerprint density at radius 3 is 2.21 bits per heavy atom. The Morgan fingerprint density at radius 1 is 1.00 bits per heavy atom. The molecule has 3 nitrogen and oxygen atoms in total. The second-order valence-electron chi connectivity index (χ2n) is 4.55. The van der Waals surface area contributed by atoms with E-state index in [1.165, 1.54) is 0 Å². The number of carbonyl (C=O) groups excluding carboxylic acids is 2. The molecule has 0 heterocycles. The third-order valence-electron chi connectivity index (χ3n) is 3.24. The zero-order valence-corrected chi connectivity index (χ0v) is 11.4. The van der Waals surface area contributed by atoms with Gasteiger partial charge in [0.2, 0.25) is 5.78 Å². The lowest BCUT2D eigenvalue weighted by atomic mass is 9.86. The van der Waals surface area contributed by atoms with Gasteiger partial charge in [0.05, 0.1) is 6.61 Å². The molecule has 0 N–H and O–H groups in total. The highest BCUT2D eigenvalue weighted by Gasteiger charge is 2.32. The second-order valence-corrected chi connectivity index (χ2v) is 4.55. The highest BCUT2D eigenvalue weighted by Crippen LogP contribution is 2.29. The monoisotopic (exact) mass is 258 g/mol. The summed E-state index contributed by atoms with van der Waals surface area (Å²) in [5.41, 5.74) is 1.49. The van der Waals surface area contributed by atoms with Crippen LogP contribution in [0.25, 0.3) is 0 Å². The molecular weight excluding hydrogens is 240 g/mol. The largest absolute Gasteiger partial charge is 0.489 e. The van der Waals surface area contributed by atoms with Crippen molar-refractivity contribution in [2.24, 2.45) is 0 Å². The lowest BCUT2D eigenvalue weighted by Crippen LogP contribution is -2.23. The van der Waals surface area contributed by atoms with Gasteiger partial charge in [0.25, 0.3) is 0 Å². The summed E-state index contributed by atoms with van der Waals surface area (Å²) in [7, 11) is 0. The maximum Gasteiger partial charge on any atom is 0.228 e. The van der Waals surface area contributed by atoms with Gasteiger partial charge >= 0.3 is 0 Å². The first-order valence-corrected chi connectivity index (χ1v) is 6.75. The molecule has 0 aliphatic heterocycles. The quantitative estimate of drug-likeness (QED) is 0.811. The molecule has 0 saturated heterocycles. The van der Waals surface area contributed by atoms with Gasteiger partial charge in [-0.1, -0.05) is 37.6 Å². The van der Waals surface area contributed by atoms with Crippen LogP contribution in [0.5, 0.6) is 0 Å². The van der Waals surface area contributed by atoms with Crippen LogP contribution in [-0.4, -0.2) is 18.2 Å². The van der Waals surface area contributed by atoms with E-state index in [4.69, 9.17) is 4.74 Å². The highest BCUT2D eigenvalue weighted by atomic mass is 16.5. The molecule has 1 aromatic carbocycles. The first-order chi connectivity index (χ1) is 9.20. The molecule has 0 amide bonds. The van der Waals surface area contributed by atoms with Crippen molar-refractivity contribution >= 4 is 11.6 Å². The van der Waals surface area contributed by atoms with Crippen molar-refractivity contribution in [2.45, 2.75) is 33.1 Å². The second kappa shape index (κ2) is 5.83. The van der Waals surface area contributed by atoms with E-state index in [1.807, 2.05) is 6.92 Å². The number of unbranched alkanes of at least 4 members (excludes halogenated alkanes) is 1. The molecule has 0 radical (unpaired) electrons. The Morgan fingerprint density at radius 2 is 1.63 bits per heavy atom. The minimum Gasteiger partial charge on any atom is -0.489 e. The Bertz CT molecular complexity index is 541. The summed E-state index contributed by atoms with van der Waals surface area (Å²) >= 11 is 0. The molecule has 0 bridgehead atoms. The van der Waals surface area contributed by atoms with Crippen LogP contribution in [0.15, 0.2) is 35.6 Å². The number of allylic oxidation sites excluding steroid dienone is 2. The number of benzene rings is 1. The van der Waals surface area contributed by atoms with E-state index in [0.29, 0.717) is 29.7 Å². The Kier molecular flexibility index (Phi) is 4.15.